The van der Waals surface area contributed by atoms with Crippen molar-refractivity contribution < 1.29 is 69.4 Å². The third-order valence-corrected chi connectivity index (χ3v) is 0. The van der Waals surface area contributed by atoms with Crippen LogP contribution in [0.5, 0.6) is 0 Å². The first-order valence-corrected chi connectivity index (χ1v) is 0. The van der Waals surface area contributed by atoms with Crippen LogP contribution in [-0.4, -0.2) is 55.1 Å². The Morgan fingerprint density at radius 1 is 1.25 bits per heavy atom. The van der Waals surface area contributed by atoms with Crippen LogP contribution in [-0.2, 0) is 0 Å². The van der Waals surface area contributed by atoms with Gasteiger partial charge in [-0.1, -0.05) is 0 Å². The maximum Gasteiger partial charge on any atom is 2.00 e. The van der Waals surface area contributed by atoms with E-state index in [1.165, 1.54) is 0 Å². The van der Waals surface area contributed by atoms with Crippen molar-refractivity contribution in [2.45, 2.75) is 0 Å². The van der Waals surface area contributed by atoms with E-state index in [0.717, 1.165) is 0 Å². The van der Waals surface area contributed by atoms with Crippen molar-refractivity contribution in [1.82, 2.24) is 0 Å². The summed E-state index contributed by atoms with van der Waals surface area (Å²) in [7, 11) is 0. The molecule has 4 heteroatoms. The average Bonchev–Trinajstić information content (AvgIpc) is 0. The van der Waals surface area contributed by atoms with Gasteiger partial charge in [0.1, 0.15) is 0 Å². The molecule has 0 aliphatic heterocycles. The van der Waals surface area contributed by atoms with Gasteiger partial charge in [0.05, 0.1) is 0 Å². The van der Waals surface area contributed by atoms with Crippen LogP contribution in [0, 0.1) is 35.6 Å². The van der Waals surface area contributed by atoms with Crippen molar-refractivity contribution >= 4 is 55.1 Å². The second kappa shape index (κ2) is 15.8. The van der Waals surface area contributed by atoms with Crippen LogP contribution in [0.2, 0.25) is 0 Å². The molecule has 0 bridgehead atoms. The summed E-state index contributed by atoms with van der Waals surface area (Å²) in [4.78, 5) is 0. The first-order valence-electron chi connectivity index (χ1n) is 0. The van der Waals surface area contributed by atoms with Crippen LogP contribution in [0.1, 0.15) is 4.28 Å². The van der Waals surface area contributed by atoms with Gasteiger partial charge >= 0.3 is 67.3 Å². The molecule has 0 rings (SSSR count). The Labute approximate surface area is 121 Å². The quantitative estimate of drug-likeness (QED) is 0.373. The van der Waals surface area contributed by atoms with Crippen LogP contribution in [0.25, 0.3) is 0 Å². The fraction of sp³-hybridized carbons (Fsp3) is 0. The zero-order valence-electron chi connectivity index (χ0n) is 5.28. The fourth-order valence-corrected chi connectivity index (χ4v) is 0. The Hall–Kier alpha value is 3.99. The molecule has 0 atom stereocenters. The molecule has 0 saturated heterocycles. The Bertz CT molecular complexity index is 14.9. The minimum absolute atomic E-state index is 0. The maximum atomic E-state index is 0. The predicted octanol–water partition coefficient (Wildman–Crippen LogP) is -4.22. The second-order valence-corrected chi connectivity index (χ2v) is 0. The first-order chi connectivity index (χ1) is 0. The minimum Gasteiger partial charge on any atom is -1.00 e. The van der Waals surface area contributed by atoms with E-state index in [4.69, 9.17) is 0 Å². The zero-order valence-corrected chi connectivity index (χ0v) is 10.1. The van der Waals surface area contributed by atoms with Crippen molar-refractivity contribution in [2.24, 2.45) is 0 Å². The molecule has 4 heavy (non-hydrogen) atoms. The Kier molecular flexibility index (Phi) is 96.6. The second-order valence-electron chi connectivity index (χ2n) is 0. The van der Waals surface area contributed by atoms with Gasteiger partial charge in [-0.15, -0.1) is 0 Å². The van der Waals surface area contributed by atoms with E-state index in [9.17, 15) is 0 Å². The number of hydrogen-bond acceptors (Lipinski definition) is 0. The summed E-state index contributed by atoms with van der Waals surface area (Å²) >= 11 is 0. The summed E-state index contributed by atoms with van der Waals surface area (Å²) in [6.45, 7) is 0. The molecule has 0 aromatic rings. The SMILES string of the molecule is [AlH3].[Ca+2].[H-].[H-].[H-].[La].[Na+]. The largest absolute Gasteiger partial charge is 2.00 e. The monoisotopic (exact) mass is 235 g/mol. The Morgan fingerprint density at radius 2 is 1.25 bits per heavy atom. The molecule has 0 aromatic heterocycles. The van der Waals surface area contributed by atoms with Gasteiger partial charge in [0, 0.05) is 35.6 Å². The van der Waals surface area contributed by atoms with Gasteiger partial charge < -0.3 is 4.28 Å². The summed E-state index contributed by atoms with van der Waals surface area (Å²) in [5, 5.41) is 0. The smallest absolute Gasteiger partial charge is 1.00 e. The Morgan fingerprint density at radius 3 is 1.25 bits per heavy atom. The normalized spacial score (nSPS) is 0. The molecule has 0 fully saturated rings. The van der Waals surface area contributed by atoms with Crippen LogP contribution in [0.3, 0.4) is 0 Å². The van der Waals surface area contributed by atoms with Gasteiger partial charge in [-0.3, -0.25) is 0 Å². The van der Waals surface area contributed by atoms with Crippen molar-refractivity contribution in [3.05, 3.63) is 0 Å². The summed E-state index contributed by atoms with van der Waals surface area (Å²) in [6.07, 6.45) is 0. The molecule has 0 amide bonds. The summed E-state index contributed by atoms with van der Waals surface area (Å²) < 4.78 is 0. The summed E-state index contributed by atoms with van der Waals surface area (Å²) in [5.41, 5.74) is 0. The van der Waals surface area contributed by atoms with Crippen molar-refractivity contribution in [2.75, 3.05) is 0 Å². The summed E-state index contributed by atoms with van der Waals surface area (Å²) in [6, 6.07) is 0. The van der Waals surface area contributed by atoms with Gasteiger partial charge in [-0.25, -0.2) is 0 Å². The van der Waals surface area contributed by atoms with Crippen molar-refractivity contribution in [3.63, 3.8) is 0 Å². The third kappa shape index (κ3) is 9.37. The van der Waals surface area contributed by atoms with Crippen LogP contribution in [0.4, 0.5) is 0 Å². The van der Waals surface area contributed by atoms with Crippen molar-refractivity contribution in [3.8, 4) is 0 Å². The zero-order chi connectivity index (χ0) is 0. The van der Waals surface area contributed by atoms with Crippen molar-refractivity contribution in [1.29, 1.82) is 0 Å². The molecule has 0 saturated carbocycles. The van der Waals surface area contributed by atoms with E-state index in [-0.39, 0.29) is 125 Å². The minimum atomic E-state index is 0. The van der Waals surface area contributed by atoms with E-state index >= 15 is 0 Å². The first kappa shape index (κ1) is 24.5. The molecule has 0 aliphatic rings. The third-order valence-electron chi connectivity index (χ3n) is 0. The summed E-state index contributed by atoms with van der Waals surface area (Å²) in [5.74, 6) is 0. The molecule has 0 spiro atoms. The maximum absolute atomic E-state index is 0. The molecule has 0 aliphatic carbocycles. The van der Waals surface area contributed by atoms with E-state index in [2.05, 4.69) is 0 Å². The van der Waals surface area contributed by atoms with Crippen LogP contribution in [0.15, 0.2) is 0 Å². The molecule has 0 aromatic carbocycles. The van der Waals surface area contributed by atoms with Crippen LogP contribution >= 0.6 is 0 Å². The molecule has 0 N–H and O–H groups in total. The molecule has 1 radical (unpaired) electrons. The molecule has 0 heterocycles. The van der Waals surface area contributed by atoms with E-state index in [1.54, 1.807) is 0 Å². The Balaban J connectivity index is 0. The number of rotatable bonds is 0. The fourth-order valence-electron chi connectivity index (χ4n) is 0. The van der Waals surface area contributed by atoms with E-state index in [0.29, 0.717) is 0 Å². The standard InChI is InChI=1S/Al.Ca.La.Na.6H/q;+2;;+1;;;;3*-1. The van der Waals surface area contributed by atoms with Gasteiger partial charge in [0.15, 0.2) is 17.4 Å². The van der Waals surface area contributed by atoms with Gasteiger partial charge in [0.2, 0.25) is 0 Å². The molecule has 15 valence electrons. The van der Waals surface area contributed by atoms with E-state index < -0.39 is 0 Å². The molecule has 0 nitrogen and oxygen atoms in total. The van der Waals surface area contributed by atoms with Gasteiger partial charge in [-0.05, 0) is 0 Å². The molecular weight excluding hydrogens is 229 g/mol. The number of hydrogen-bond donors (Lipinski definition) is 0. The molecule has 0 unspecified atom stereocenters. The predicted molar refractivity (Wildman–Crippen MR) is 19.0 cm³/mol. The van der Waals surface area contributed by atoms with Gasteiger partial charge in [-0.2, -0.15) is 0 Å². The van der Waals surface area contributed by atoms with E-state index in [1.807, 2.05) is 0 Å². The topological polar surface area (TPSA) is 0 Å². The molecular formula is H6AlCaLaNa. The van der Waals surface area contributed by atoms with Gasteiger partial charge in [0.25, 0.3) is 0 Å². The average molecular weight is 235 g/mol. The van der Waals surface area contributed by atoms with Crippen LogP contribution < -0.4 is 29.6 Å².